The van der Waals surface area contributed by atoms with Crippen molar-refractivity contribution in [2.24, 2.45) is 10.9 Å². The van der Waals surface area contributed by atoms with Crippen LogP contribution in [0.4, 0.5) is 0 Å². The van der Waals surface area contributed by atoms with Crippen molar-refractivity contribution in [2.75, 3.05) is 32.4 Å². The summed E-state index contributed by atoms with van der Waals surface area (Å²) in [6.07, 6.45) is 3.69. The lowest BCUT2D eigenvalue weighted by atomic mass is 9.89. The molecule has 0 amide bonds. The van der Waals surface area contributed by atoms with Crippen LogP contribution >= 0.6 is 0 Å². The van der Waals surface area contributed by atoms with Gasteiger partial charge in [0.25, 0.3) is 0 Å². The average molecular weight is 367 g/mol. The van der Waals surface area contributed by atoms with Gasteiger partial charge in [-0.15, -0.1) is 0 Å². The molecule has 1 N–H and O–H groups in total. The largest absolute Gasteiger partial charge is 0.356 e. The Bertz CT molecular complexity index is 699. The number of hydrogen-bond acceptors (Lipinski definition) is 4. The molecule has 1 unspecified atom stereocenters. The van der Waals surface area contributed by atoms with Crippen LogP contribution in [-0.2, 0) is 9.84 Å². The second-order valence-corrected chi connectivity index (χ2v) is 10.3. The van der Waals surface area contributed by atoms with Gasteiger partial charge in [0.2, 0.25) is 0 Å². The molecular weight excluding hydrogens is 336 g/mol. The van der Waals surface area contributed by atoms with Gasteiger partial charge in [-0.2, -0.15) is 0 Å². The first-order valence-electron chi connectivity index (χ1n) is 8.76. The number of aliphatic imine (C=N–C) groups is 1. The molecule has 0 saturated carbocycles. The normalized spacial score (nSPS) is 21.2. The van der Waals surface area contributed by atoms with Crippen molar-refractivity contribution in [2.45, 2.75) is 38.4 Å². The minimum Gasteiger partial charge on any atom is -0.356 e. The summed E-state index contributed by atoms with van der Waals surface area (Å²) in [5.41, 5.74) is 1.20. The van der Waals surface area contributed by atoms with E-state index in [1.165, 1.54) is 5.56 Å². The molecular formula is C18H30N4O2S. The van der Waals surface area contributed by atoms with E-state index in [1.54, 1.807) is 27.1 Å². The van der Waals surface area contributed by atoms with Crippen molar-refractivity contribution in [3.63, 3.8) is 0 Å². The van der Waals surface area contributed by atoms with Crippen LogP contribution in [0.25, 0.3) is 0 Å². The average Bonchev–Trinajstić information content (AvgIpc) is 2.55. The number of nitrogens with one attached hydrogen (secondary N) is 1. The maximum Gasteiger partial charge on any atom is 0.193 e. The lowest BCUT2D eigenvalue weighted by Crippen LogP contribution is -2.57. The smallest absolute Gasteiger partial charge is 0.193 e. The Hall–Kier alpha value is -1.63. The fourth-order valence-electron chi connectivity index (χ4n) is 3.19. The Morgan fingerprint density at radius 3 is 2.68 bits per heavy atom. The van der Waals surface area contributed by atoms with Gasteiger partial charge in [0.1, 0.15) is 0 Å². The molecule has 1 saturated heterocycles. The summed E-state index contributed by atoms with van der Waals surface area (Å²) < 4.78 is 23.7. The van der Waals surface area contributed by atoms with Crippen molar-refractivity contribution in [3.05, 3.63) is 30.1 Å². The van der Waals surface area contributed by atoms with E-state index < -0.39 is 14.6 Å². The summed E-state index contributed by atoms with van der Waals surface area (Å²) in [4.78, 5) is 10.6. The Kier molecular flexibility index (Phi) is 6.08. The highest BCUT2D eigenvalue weighted by Gasteiger charge is 2.41. The van der Waals surface area contributed by atoms with Gasteiger partial charge in [0, 0.05) is 45.0 Å². The number of sulfone groups is 1. The molecule has 0 aliphatic carbocycles. The zero-order chi connectivity index (χ0) is 18.7. The van der Waals surface area contributed by atoms with Crippen molar-refractivity contribution in [3.8, 4) is 0 Å². The van der Waals surface area contributed by atoms with Gasteiger partial charge < -0.3 is 10.2 Å². The Balaban J connectivity index is 2.07. The summed E-state index contributed by atoms with van der Waals surface area (Å²) in [7, 11) is -1.31. The summed E-state index contributed by atoms with van der Waals surface area (Å²) in [5.74, 6) is 1.69. The molecule has 0 aromatic carbocycles. The van der Waals surface area contributed by atoms with Crippen molar-refractivity contribution in [1.82, 2.24) is 15.2 Å². The molecule has 1 aliphatic rings. The molecule has 1 fully saturated rings. The number of rotatable bonds is 4. The number of hydrogen-bond donors (Lipinski definition) is 1. The SMILES string of the molecule is CN=C(NCC(c1cccnc1)C(C)C)N1CCS(=O)(=O)C(C)(C)C1. The van der Waals surface area contributed by atoms with Gasteiger partial charge in [-0.25, -0.2) is 8.42 Å². The van der Waals surface area contributed by atoms with Gasteiger partial charge in [0.05, 0.1) is 10.5 Å². The molecule has 2 rings (SSSR count). The lowest BCUT2D eigenvalue weighted by molar-refractivity contribution is 0.350. The second kappa shape index (κ2) is 7.72. The molecule has 6 nitrogen and oxygen atoms in total. The van der Waals surface area contributed by atoms with Crippen LogP contribution in [0.2, 0.25) is 0 Å². The van der Waals surface area contributed by atoms with Crippen LogP contribution in [0.3, 0.4) is 0 Å². The highest BCUT2D eigenvalue weighted by atomic mass is 32.2. The van der Waals surface area contributed by atoms with Gasteiger partial charge in [-0.3, -0.25) is 9.98 Å². The van der Waals surface area contributed by atoms with E-state index in [9.17, 15) is 8.42 Å². The molecule has 140 valence electrons. The van der Waals surface area contributed by atoms with E-state index in [0.717, 1.165) is 12.5 Å². The number of aromatic nitrogens is 1. The lowest BCUT2D eigenvalue weighted by Gasteiger charge is -2.39. The first-order valence-corrected chi connectivity index (χ1v) is 10.4. The fourth-order valence-corrected chi connectivity index (χ4v) is 4.56. The number of nitrogens with zero attached hydrogens (tertiary/aromatic N) is 3. The fraction of sp³-hybridized carbons (Fsp3) is 0.667. The van der Waals surface area contributed by atoms with Crippen LogP contribution in [0.1, 0.15) is 39.2 Å². The number of pyridine rings is 1. The Morgan fingerprint density at radius 2 is 2.16 bits per heavy atom. The van der Waals surface area contributed by atoms with Crippen LogP contribution in [0.15, 0.2) is 29.5 Å². The van der Waals surface area contributed by atoms with E-state index in [1.807, 2.05) is 17.2 Å². The third kappa shape index (κ3) is 4.51. The first-order chi connectivity index (χ1) is 11.7. The Labute approximate surface area is 151 Å². The minimum atomic E-state index is -3.06. The van der Waals surface area contributed by atoms with Crippen LogP contribution < -0.4 is 5.32 Å². The van der Waals surface area contributed by atoms with E-state index in [4.69, 9.17) is 0 Å². The Morgan fingerprint density at radius 1 is 1.44 bits per heavy atom. The molecule has 7 heteroatoms. The van der Waals surface area contributed by atoms with Gasteiger partial charge >= 0.3 is 0 Å². The number of guanidine groups is 1. The standard InChI is InChI=1S/C18H30N4O2S/c1-14(2)16(15-7-6-8-20-11-15)12-21-17(19-5)22-9-10-25(23,24)18(3,4)13-22/h6-8,11,14,16H,9-10,12-13H2,1-5H3,(H,19,21). The molecule has 2 heterocycles. The molecule has 0 radical (unpaired) electrons. The highest BCUT2D eigenvalue weighted by Crippen LogP contribution is 2.25. The van der Waals surface area contributed by atoms with E-state index in [2.05, 4.69) is 35.2 Å². The van der Waals surface area contributed by atoms with Crippen LogP contribution in [-0.4, -0.2) is 61.4 Å². The van der Waals surface area contributed by atoms with Crippen molar-refractivity contribution in [1.29, 1.82) is 0 Å². The van der Waals surface area contributed by atoms with Crippen molar-refractivity contribution >= 4 is 15.8 Å². The predicted molar refractivity (Wildman–Crippen MR) is 103 cm³/mol. The summed E-state index contributed by atoms with van der Waals surface area (Å²) in [5, 5.41) is 3.44. The third-order valence-electron chi connectivity index (χ3n) is 4.95. The molecule has 1 aliphatic heterocycles. The van der Waals surface area contributed by atoms with Crippen LogP contribution in [0, 0.1) is 5.92 Å². The zero-order valence-electron chi connectivity index (χ0n) is 15.9. The van der Waals surface area contributed by atoms with Gasteiger partial charge in [-0.05, 0) is 31.4 Å². The topological polar surface area (TPSA) is 74.7 Å². The first kappa shape index (κ1) is 19.7. The summed E-state index contributed by atoms with van der Waals surface area (Å²) in [6, 6.07) is 4.05. The predicted octanol–water partition coefficient (Wildman–Crippen LogP) is 1.91. The molecule has 25 heavy (non-hydrogen) atoms. The van der Waals surface area contributed by atoms with E-state index in [-0.39, 0.29) is 5.75 Å². The zero-order valence-corrected chi connectivity index (χ0v) is 16.7. The third-order valence-corrected chi connectivity index (χ3v) is 7.49. The molecule has 1 aromatic heterocycles. The summed E-state index contributed by atoms with van der Waals surface area (Å²) >= 11 is 0. The molecule has 0 bridgehead atoms. The second-order valence-electron chi connectivity index (χ2n) is 7.57. The van der Waals surface area contributed by atoms with E-state index >= 15 is 0 Å². The maximum absolute atomic E-state index is 12.2. The minimum absolute atomic E-state index is 0.164. The van der Waals surface area contributed by atoms with Gasteiger partial charge in [-0.1, -0.05) is 19.9 Å². The van der Waals surface area contributed by atoms with Gasteiger partial charge in [0.15, 0.2) is 15.8 Å². The quantitative estimate of drug-likeness (QED) is 0.651. The highest BCUT2D eigenvalue weighted by molar-refractivity contribution is 7.92. The summed E-state index contributed by atoms with van der Waals surface area (Å²) in [6.45, 7) is 9.62. The van der Waals surface area contributed by atoms with Crippen LogP contribution in [0.5, 0.6) is 0 Å². The monoisotopic (exact) mass is 366 g/mol. The molecule has 1 atom stereocenters. The van der Waals surface area contributed by atoms with E-state index in [0.29, 0.717) is 24.9 Å². The maximum atomic E-state index is 12.2. The molecule has 1 aromatic rings. The van der Waals surface area contributed by atoms with Crippen molar-refractivity contribution < 1.29 is 8.42 Å². The molecule has 0 spiro atoms.